The first-order valence-electron chi connectivity index (χ1n) is 21.9. The van der Waals surface area contributed by atoms with Crippen LogP contribution in [0.25, 0.3) is 0 Å². The second kappa shape index (κ2) is 29.5. The fourth-order valence-electron chi connectivity index (χ4n) is 7.77. The molecule has 0 spiro atoms. The predicted molar refractivity (Wildman–Crippen MR) is 219 cm³/mol. The van der Waals surface area contributed by atoms with E-state index in [9.17, 15) is 29.7 Å². The van der Waals surface area contributed by atoms with Crippen molar-refractivity contribution in [1.82, 2.24) is 4.90 Å². The Bertz CT molecular complexity index is 1040. The average molecular weight is 767 g/mol. The summed E-state index contributed by atoms with van der Waals surface area (Å²) in [6.07, 6.45) is 26.8. The van der Waals surface area contributed by atoms with E-state index in [4.69, 9.17) is 21.9 Å². The van der Waals surface area contributed by atoms with E-state index in [1.165, 1.54) is 95.3 Å². The van der Waals surface area contributed by atoms with Crippen LogP contribution in [0.5, 0.6) is 0 Å². The molecule has 1 rings (SSSR count). The van der Waals surface area contributed by atoms with Crippen LogP contribution in [0, 0.1) is 0 Å². The third kappa shape index (κ3) is 16.0. The first-order valence-corrected chi connectivity index (χ1v) is 21.9. The number of carbonyl (C=O) groups is 3. The van der Waals surface area contributed by atoms with E-state index < -0.39 is 66.2 Å². The molecule has 1 amide bonds. The monoisotopic (exact) mass is 767 g/mol. The average Bonchev–Trinajstić information content (AvgIpc) is 3.17. The Hall–Kier alpha value is -1.73. The molecule has 1 heterocycles. The van der Waals surface area contributed by atoms with Crippen molar-refractivity contribution >= 4 is 17.5 Å². The van der Waals surface area contributed by atoms with Crippen LogP contribution < -0.4 is 17.2 Å². The lowest BCUT2D eigenvalue weighted by molar-refractivity contribution is -0.287. The highest BCUT2D eigenvalue weighted by molar-refractivity contribution is 6.05. The van der Waals surface area contributed by atoms with Crippen LogP contribution in [0.1, 0.15) is 188 Å². The van der Waals surface area contributed by atoms with Gasteiger partial charge in [-0.2, -0.15) is 0 Å². The molecule has 1 aliphatic heterocycles. The maximum Gasteiger partial charge on any atom is 0.233 e. The number of carbonyl (C=O) groups excluding carboxylic acids is 3. The maximum absolute atomic E-state index is 14.3. The van der Waals surface area contributed by atoms with Gasteiger partial charge < -0.3 is 42.2 Å². The third-order valence-corrected chi connectivity index (χ3v) is 11.2. The molecule has 0 saturated carbocycles. The molecule has 11 nitrogen and oxygen atoms in total. The Labute approximate surface area is 328 Å². The fourth-order valence-corrected chi connectivity index (χ4v) is 7.77. The summed E-state index contributed by atoms with van der Waals surface area (Å²) >= 11 is 0. The summed E-state index contributed by atoms with van der Waals surface area (Å²) < 4.78 is 6.14. The van der Waals surface area contributed by atoms with E-state index in [-0.39, 0.29) is 13.0 Å². The Morgan fingerprint density at radius 1 is 0.722 bits per heavy atom. The summed E-state index contributed by atoms with van der Waals surface area (Å²) in [6, 6.07) is -1.27. The van der Waals surface area contributed by atoms with E-state index in [2.05, 4.69) is 26.0 Å². The maximum atomic E-state index is 14.3. The minimum absolute atomic E-state index is 0.0115. The second-order valence-electron chi connectivity index (χ2n) is 15.8. The highest BCUT2D eigenvalue weighted by Crippen LogP contribution is 2.42. The first kappa shape index (κ1) is 50.3. The number of ether oxygens (including phenoxy) is 1. The van der Waals surface area contributed by atoms with Gasteiger partial charge in [-0.05, 0) is 45.4 Å². The number of allylic oxidation sites excluding steroid dienone is 2. The molecule has 1 aliphatic rings. The van der Waals surface area contributed by atoms with Crippen molar-refractivity contribution in [3.8, 4) is 0 Å². The van der Waals surface area contributed by atoms with E-state index in [0.29, 0.717) is 12.8 Å². The molecule has 316 valence electrons. The van der Waals surface area contributed by atoms with Gasteiger partial charge in [0, 0.05) is 13.0 Å². The summed E-state index contributed by atoms with van der Waals surface area (Å²) in [7, 11) is 0. The molecule has 0 aromatic heterocycles. The van der Waals surface area contributed by atoms with Gasteiger partial charge in [0.15, 0.2) is 11.3 Å². The number of nitrogens with zero attached hydrogens (tertiary/aromatic N) is 1. The summed E-state index contributed by atoms with van der Waals surface area (Å²) in [5, 5.41) is 32.4. The zero-order valence-electron chi connectivity index (χ0n) is 34.6. The van der Waals surface area contributed by atoms with Gasteiger partial charge in [0.1, 0.15) is 18.3 Å². The number of nitrogens with two attached hydrogens (primary N) is 3. The molecule has 11 heteroatoms. The number of aliphatic hydroxyl groups excluding tert-OH is 3. The SMILES string of the molecule is CCCCCCCC/C=C\CCCCCCCC(=O)N(CCCCCCCCCCCCCC)[C@]1(C(=O)[C@H](C)N)O[C@H](CO)[C@@H](O)[C@H](O)[C@]1(N)C(=O)CN. The van der Waals surface area contributed by atoms with Crippen LogP contribution in [0.4, 0.5) is 0 Å². The number of Topliss-reactive ketones (excluding diaryl/α,β-unsaturated/α-hetero) is 2. The van der Waals surface area contributed by atoms with Gasteiger partial charge in [-0.15, -0.1) is 0 Å². The lowest BCUT2D eigenvalue weighted by Crippen LogP contribution is -2.88. The minimum atomic E-state index is -2.63. The largest absolute Gasteiger partial charge is 0.394 e. The molecular weight excluding hydrogens is 684 g/mol. The van der Waals surface area contributed by atoms with Crippen molar-refractivity contribution in [2.75, 3.05) is 19.7 Å². The topological polar surface area (TPSA) is 202 Å². The van der Waals surface area contributed by atoms with Crippen LogP contribution in [0.15, 0.2) is 12.2 Å². The minimum Gasteiger partial charge on any atom is -0.394 e. The summed E-state index contributed by atoms with van der Waals surface area (Å²) in [6.45, 7) is 4.38. The number of amides is 1. The van der Waals surface area contributed by atoms with Gasteiger partial charge in [-0.1, -0.05) is 148 Å². The van der Waals surface area contributed by atoms with Crippen molar-refractivity contribution < 1.29 is 34.4 Å². The number of hydrogen-bond acceptors (Lipinski definition) is 10. The quantitative estimate of drug-likeness (QED) is 0.0310. The van der Waals surface area contributed by atoms with Gasteiger partial charge in [0.05, 0.1) is 19.2 Å². The molecular formula is C43H82N4O7. The lowest BCUT2D eigenvalue weighted by Gasteiger charge is -2.58. The highest BCUT2D eigenvalue weighted by Gasteiger charge is 2.72. The van der Waals surface area contributed by atoms with Crippen LogP contribution >= 0.6 is 0 Å². The van der Waals surface area contributed by atoms with Crippen molar-refractivity contribution in [2.45, 2.75) is 223 Å². The molecule has 0 unspecified atom stereocenters. The number of rotatable bonds is 34. The molecule has 0 radical (unpaired) electrons. The third-order valence-electron chi connectivity index (χ3n) is 11.2. The van der Waals surface area contributed by atoms with Crippen LogP contribution in [0.3, 0.4) is 0 Å². The van der Waals surface area contributed by atoms with Crippen LogP contribution in [0.2, 0.25) is 0 Å². The van der Waals surface area contributed by atoms with E-state index in [1.54, 1.807) is 0 Å². The van der Waals surface area contributed by atoms with Gasteiger partial charge in [-0.25, -0.2) is 0 Å². The molecule has 54 heavy (non-hydrogen) atoms. The van der Waals surface area contributed by atoms with Crippen molar-refractivity contribution in [3.05, 3.63) is 12.2 Å². The Morgan fingerprint density at radius 2 is 1.15 bits per heavy atom. The summed E-state index contributed by atoms with van der Waals surface area (Å²) in [4.78, 5) is 43.3. The Balaban J connectivity index is 3.00. The fraction of sp³-hybridized carbons (Fsp3) is 0.884. The van der Waals surface area contributed by atoms with Crippen molar-refractivity contribution in [3.63, 3.8) is 0 Å². The molecule has 1 saturated heterocycles. The second-order valence-corrected chi connectivity index (χ2v) is 15.8. The number of unbranched alkanes of at least 4 members (excludes halogenated alkanes) is 22. The molecule has 6 atom stereocenters. The zero-order valence-corrected chi connectivity index (χ0v) is 34.6. The molecule has 0 bridgehead atoms. The zero-order chi connectivity index (χ0) is 40.2. The molecule has 1 fully saturated rings. The van der Waals surface area contributed by atoms with Gasteiger partial charge in [0.25, 0.3) is 0 Å². The molecule has 0 aromatic carbocycles. The summed E-state index contributed by atoms with van der Waals surface area (Å²) in [5.74, 6) is -2.33. The van der Waals surface area contributed by atoms with Gasteiger partial charge >= 0.3 is 0 Å². The van der Waals surface area contributed by atoms with Crippen molar-refractivity contribution in [2.24, 2.45) is 17.2 Å². The summed E-state index contributed by atoms with van der Waals surface area (Å²) in [5.41, 5.74) is 13.4. The Morgan fingerprint density at radius 3 is 1.57 bits per heavy atom. The number of aliphatic hydroxyl groups is 3. The molecule has 0 aromatic rings. The predicted octanol–water partition coefficient (Wildman–Crippen LogP) is 6.50. The highest BCUT2D eigenvalue weighted by atomic mass is 16.6. The normalized spacial score (nSPS) is 23.5. The van der Waals surface area contributed by atoms with Gasteiger partial charge in [0.2, 0.25) is 17.4 Å². The van der Waals surface area contributed by atoms with Crippen LogP contribution in [-0.4, -0.2) is 93.0 Å². The van der Waals surface area contributed by atoms with E-state index in [0.717, 1.165) is 64.2 Å². The van der Waals surface area contributed by atoms with Gasteiger partial charge in [-0.3, -0.25) is 14.4 Å². The first-order chi connectivity index (χ1) is 26.0. The number of hydrogen-bond donors (Lipinski definition) is 6. The smallest absolute Gasteiger partial charge is 0.233 e. The lowest BCUT2D eigenvalue weighted by atomic mass is 9.69. The van der Waals surface area contributed by atoms with E-state index in [1.807, 2.05) is 0 Å². The number of ketones is 2. The molecule has 0 aliphatic carbocycles. The Kier molecular flexibility index (Phi) is 27.5. The van der Waals surface area contributed by atoms with E-state index >= 15 is 0 Å². The molecule has 9 N–H and O–H groups in total. The van der Waals surface area contributed by atoms with Crippen LogP contribution in [-0.2, 0) is 19.1 Å². The standard InChI is InChI=1S/C43H82N4O7/c1-4-6-8-10-12-14-16-18-19-20-21-23-25-27-29-31-38(50)47(32-30-28-26-24-22-17-15-13-11-9-7-5-2)43(40(52)35(3)45)42(46,37(49)33-44)41(53)39(51)36(34-48)54-43/h18-19,35-36,39,41,48,51,53H,4-17,20-34,44-46H2,1-3H3/b19-18-/t35-,36+,39+,41-,42+,43+/m0/s1. The van der Waals surface area contributed by atoms with Crippen molar-refractivity contribution in [1.29, 1.82) is 0 Å².